The van der Waals surface area contributed by atoms with Gasteiger partial charge in [0, 0.05) is 30.9 Å². The van der Waals surface area contributed by atoms with Gasteiger partial charge in [-0.25, -0.2) is 22.9 Å². The highest BCUT2D eigenvalue weighted by Gasteiger charge is 2.21. The minimum Gasteiger partial charge on any atom is -0.478 e. The van der Waals surface area contributed by atoms with Gasteiger partial charge in [-0.3, -0.25) is 0 Å². The minimum atomic E-state index is -4.19. The normalized spacial score (nSPS) is 15.1. The molecule has 2 aromatic carbocycles. The Morgan fingerprint density at radius 2 is 1.82 bits per heavy atom. The first-order chi connectivity index (χ1) is 18.1. The number of sulfonamides is 1. The Bertz CT molecular complexity index is 1390. The van der Waals surface area contributed by atoms with Gasteiger partial charge in [-0.05, 0) is 68.4 Å². The summed E-state index contributed by atoms with van der Waals surface area (Å²) in [4.78, 5) is 19.9. The van der Waals surface area contributed by atoms with Crippen LogP contribution in [0.5, 0.6) is 5.88 Å². The zero-order valence-corrected chi connectivity index (χ0v) is 22.2. The molecule has 1 aromatic heterocycles. The molecule has 1 aliphatic heterocycles. The smallest absolute Gasteiger partial charge is 0.335 e. The number of rotatable bonds is 10. The Morgan fingerprint density at radius 3 is 2.50 bits per heavy atom. The topological polar surface area (TPSA) is 154 Å². The van der Waals surface area contributed by atoms with Crippen LogP contribution in [0.1, 0.15) is 40.7 Å². The van der Waals surface area contributed by atoms with Crippen LogP contribution in [-0.4, -0.2) is 55.3 Å². The van der Waals surface area contributed by atoms with E-state index >= 15 is 0 Å². The molecule has 0 saturated carbocycles. The molecule has 0 spiro atoms. The number of nitrogens with two attached hydrogens (primary N) is 1. The molecule has 0 bridgehead atoms. The third kappa shape index (κ3) is 6.85. The van der Waals surface area contributed by atoms with Crippen molar-refractivity contribution in [3.05, 3.63) is 65.2 Å². The molecule has 1 saturated heterocycles. The summed E-state index contributed by atoms with van der Waals surface area (Å²) in [6.07, 6.45) is 2.72. The number of aromatic nitrogens is 2. The molecule has 11 heteroatoms. The second kappa shape index (κ2) is 11.9. The standard InChI is InChI=1S/C27H32N4O6S/c1-17-5-3-6-18(2)25(17)23-15-24(37-16-21(28)13-19-9-11-36-12-10-19)30-27(29-23)31-38(34,35)22-8-4-7-20(14-22)26(32)33/h3-8,14-15,19,21H,9-13,16,28H2,1-2H3,(H,32,33)(H,29,30,31)/t21-/m1/s1. The molecule has 0 unspecified atom stereocenters. The first-order valence-corrected chi connectivity index (χ1v) is 13.9. The van der Waals surface area contributed by atoms with Crippen LogP contribution in [0, 0.1) is 19.8 Å². The zero-order chi connectivity index (χ0) is 27.3. The maximum atomic E-state index is 13.1. The van der Waals surface area contributed by atoms with Gasteiger partial charge in [0.2, 0.25) is 11.8 Å². The van der Waals surface area contributed by atoms with Crippen molar-refractivity contribution < 1.29 is 27.8 Å². The average Bonchev–Trinajstić information content (AvgIpc) is 2.88. The molecular weight excluding hydrogens is 508 g/mol. The molecule has 0 aliphatic carbocycles. The molecule has 1 fully saturated rings. The fourth-order valence-corrected chi connectivity index (χ4v) is 5.53. The SMILES string of the molecule is Cc1cccc(C)c1-c1cc(OC[C@H](N)CC2CCOCC2)nc(NS(=O)(=O)c2cccc(C(=O)O)c2)n1. The Hall–Kier alpha value is -3.54. The van der Waals surface area contributed by atoms with Gasteiger partial charge in [-0.2, -0.15) is 4.98 Å². The number of carboxylic acid groups (broad SMARTS) is 1. The molecule has 38 heavy (non-hydrogen) atoms. The van der Waals surface area contributed by atoms with E-state index in [0.29, 0.717) is 11.6 Å². The molecule has 10 nitrogen and oxygen atoms in total. The monoisotopic (exact) mass is 540 g/mol. The van der Waals surface area contributed by atoms with E-state index < -0.39 is 16.0 Å². The lowest BCUT2D eigenvalue weighted by Crippen LogP contribution is -2.32. The number of nitrogens with one attached hydrogen (secondary N) is 1. The number of carboxylic acids is 1. The number of hydrogen-bond donors (Lipinski definition) is 3. The summed E-state index contributed by atoms with van der Waals surface area (Å²) in [5, 5.41) is 9.25. The third-order valence-corrected chi connectivity index (χ3v) is 7.80. The summed E-state index contributed by atoms with van der Waals surface area (Å²) < 4.78 is 39.9. The molecule has 1 atom stereocenters. The Kier molecular flexibility index (Phi) is 8.60. The molecule has 1 aliphatic rings. The van der Waals surface area contributed by atoms with Crippen molar-refractivity contribution in [2.24, 2.45) is 11.7 Å². The number of aryl methyl sites for hydroxylation is 2. The fraction of sp³-hybridized carbons (Fsp3) is 0.370. The van der Waals surface area contributed by atoms with Crippen molar-refractivity contribution in [3.63, 3.8) is 0 Å². The predicted octanol–water partition coefficient (Wildman–Crippen LogP) is 3.78. The van der Waals surface area contributed by atoms with E-state index in [2.05, 4.69) is 14.7 Å². The lowest BCUT2D eigenvalue weighted by molar-refractivity contribution is 0.0599. The van der Waals surface area contributed by atoms with Crippen LogP contribution in [0.4, 0.5) is 5.95 Å². The molecule has 2 heterocycles. The highest BCUT2D eigenvalue weighted by atomic mass is 32.2. The van der Waals surface area contributed by atoms with E-state index in [0.717, 1.165) is 55.2 Å². The summed E-state index contributed by atoms with van der Waals surface area (Å²) in [5.41, 5.74) is 9.41. The zero-order valence-electron chi connectivity index (χ0n) is 21.4. The number of aromatic carboxylic acids is 1. The molecule has 202 valence electrons. The molecule has 0 radical (unpaired) electrons. The van der Waals surface area contributed by atoms with E-state index in [9.17, 15) is 18.3 Å². The Balaban J connectivity index is 1.62. The number of carbonyl (C=O) groups is 1. The van der Waals surface area contributed by atoms with Crippen molar-refractivity contribution in [1.82, 2.24) is 9.97 Å². The van der Waals surface area contributed by atoms with Gasteiger partial charge in [0.05, 0.1) is 16.2 Å². The van der Waals surface area contributed by atoms with Crippen molar-refractivity contribution in [1.29, 1.82) is 0 Å². The third-order valence-electron chi connectivity index (χ3n) is 6.48. The number of hydrogen-bond acceptors (Lipinski definition) is 8. The number of anilines is 1. The summed E-state index contributed by atoms with van der Waals surface area (Å²) in [7, 11) is -4.19. The number of nitrogens with zero attached hydrogens (tertiary/aromatic N) is 2. The lowest BCUT2D eigenvalue weighted by atomic mass is 9.93. The fourth-order valence-electron chi connectivity index (χ4n) is 4.54. The van der Waals surface area contributed by atoms with Gasteiger partial charge in [-0.1, -0.05) is 24.3 Å². The van der Waals surface area contributed by atoms with E-state index in [1.54, 1.807) is 6.07 Å². The van der Waals surface area contributed by atoms with Gasteiger partial charge >= 0.3 is 5.97 Å². The number of benzene rings is 2. The van der Waals surface area contributed by atoms with Crippen LogP contribution >= 0.6 is 0 Å². The van der Waals surface area contributed by atoms with Crippen molar-refractivity contribution in [2.45, 2.75) is 44.0 Å². The van der Waals surface area contributed by atoms with Gasteiger partial charge in [-0.15, -0.1) is 0 Å². The van der Waals surface area contributed by atoms with Crippen molar-refractivity contribution in [3.8, 4) is 17.1 Å². The highest BCUT2D eigenvalue weighted by molar-refractivity contribution is 7.92. The quantitative estimate of drug-likeness (QED) is 0.348. The first kappa shape index (κ1) is 27.5. The maximum absolute atomic E-state index is 13.1. The van der Waals surface area contributed by atoms with Crippen LogP contribution in [0.25, 0.3) is 11.3 Å². The van der Waals surface area contributed by atoms with Crippen LogP contribution in [-0.2, 0) is 14.8 Å². The van der Waals surface area contributed by atoms with E-state index in [4.69, 9.17) is 15.2 Å². The van der Waals surface area contributed by atoms with Crippen LogP contribution in [0.2, 0.25) is 0 Å². The van der Waals surface area contributed by atoms with Crippen LogP contribution in [0.15, 0.2) is 53.4 Å². The second-order valence-electron chi connectivity index (χ2n) is 9.48. The molecule has 3 aromatic rings. The Labute approximate surface area is 222 Å². The first-order valence-electron chi connectivity index (χ1n) is 12.4. The summed E-state index contributed by atoms with van der Waals surface area (Å²) >= 11 is 0. The maximum Gasteiger partial charge on any atom is 0.335 e. The van der Waals surface area contributed by atoms with E-state index in [1.165, 1.54) is 18.2 Å². The molecule has 4 N–H and O–H groups in total. The number of ether oxygens (including phenoxy) is 2. The second-order valence-corrected chi connectivity index (χ2v) is 11.2. The van der Waals surface area contributed by atoms with Crippen molar-refractivity contribution in [2.75, 3.05) is 24.5 Å². The molecule has 0 amide bonds. The van der Waals surface area contributed by atoms with Gasteiger partial charge in [0.25, 0.3) is 10.0 Å². The van der Waals surface area contributed by atoms with E-state index in [-0.39, 0.29) is 34.9 Å². The van der Waals surface area contributed by atoms with Crippen molar-refractivity contribution >= 4 is 21.9 Å². The van der Waals surface area contributed by atoms with E-state index in [1.807, 2.05) is 32.0 Å². The van der Waals surface area contributed by atoms with Crippen LogP contribution in [0.3, 0.4) is 0 Å². The summed E-state index contributed by atoms with van der Waals surface area (Å²) in [6, 6.07) is 12.3. The largest absolute Gasteiger partial charge is 0.478 e. The average molecular weight is 541 g/mol. The highest BCUT2D eigenvalue weighted by Crippen LogP contribution is 2.29. The van der Waals surface area contributed by atoms with Gasteiger partial charge in [0.1, 0.15) is 6.61 Å². The summed E-state index contributed by atoms with van der Waals surface area (Å²) in [5.74, 6) is -0.777. The molecular formula is C27H32N4O6S. The minimum absolute atomic E-state index is 0.152. The van der Waals surface area contributed by atoms with Gasteiger partial charge in [0.15, 0.2) is 0 Å². The Morgan fingerprint density at radius 1 is 1.13 bits per heavy atom. The predicted molar refractivity (Wildman–Crippen MR) is 143 cm³/mol. The lowest BCUT2D eigenvalue weighted by Gasteiger charge is -2.24. The van der Waals surface area contributed by atoms with Crippen LogP contribution < -0.4 is 15.2 Å². The van der Waals surface area contributed by atoms with Gasteiger partial charge < -0.3 is 20.3 Å². The summed E-state index contributed by atoms with van der Waals surface area (Å²) in [6.45, 7) is 5.56. The molecule has 4 rings (SSSR count).